The molecule has 3 aromatic rings. The lowest BCUT2D eigenvalue weighted by atomic mass is 9.99. The summed E-state index contributed by atoms with van der Waals surface area (Å²) >= 11 is 0. The average molecular weight is 493 g/mol. The van der Waals surface area contributed by atoms with E-state index >= 15 is 0 Å². The first-order valence-electron chi connectivity index (χ1n) is 11.8. The van der Waals surface area contributed by atoms with Gasteiger partial charge in [-0.05, 0) is 37.3 Å². The highest BCUT2D eigenvalue weighted by atomic mass is 19.1. The van der Waals surface area contributed by atoms with Gasteiger partial charge in [0.05, 0.1) is 19.2 Å². The van der Waals surface area contributed by atoms with Gasteiger partial charge in [-0.15, -0.1) is 0 Å². The maximum atomic E-state index is 13.7. The number of hydrogen-bond donors (Lipinski definition) is 1. The van der Waals surface area contributed by atoms with E-state index in [1.54, 1.807) is 55.7 Å². The third kappa shape index (κ3) is 5.36. The molecule has 36 heavy (non-hydrogen) atoms. The minimum atomic E-state index is -0.510. The summed E-state index contributed by atoms with van der Waals surface area (Å²) in [6, 6.07) is 10.5. The first-order valence-corrected chi connectivity index (χ1v) is 11.8. The minimum absolute atomic E-state index is 0.158. The molecular weight excluding hydrogens is 463 g/mol. The topological polar surface area (TPSA) is 95.9 Å². The first kappa shape index (κ1) is 25.2. The second-order valence-corrected chi connectivity index (χ2v) is 9.14. The fraction of sp³-hybridized carbons (Fsp3) is 0.333. The maximum Gasteiger partial charge on any atom is 0.259 e. The van der Waals surface area contributed by atoms with Gasteiger partial charge in [-0.25, -0.2) is 9.37 Å². The Balaban J connectivity index is 1.67. The molecule has 188 valence electrons. The standard InChI is InChI=1S/C27H29FN4O4/c1-17-14-32(18(2)16-33)27(35)23-11-21(20-7-5-9-29-12-20)13-30-25(23)36-24(17)15-31(3)26(34)19-6-4-8-22(28)10-19/h4-13,17-18,24,33H,14-16H2,1-3H3/t17-,18-,24-/m0/s1. The van der Waals surface area contributed by atoms with Crippen molar-refractivity contribution in [2.75, 3.05) is 26.7 Å². The number of rotatable bonds is 6. The number of aromatic nitrogens is 2. The summed E-state index contributed by atoms with van der Waals surface area (Å²) in [5.41, 5.74) is 2.02. The van der Waals surface area contributed by atoms with Crippen LogP contribution in [0.4, 0.5) is 4.39 Å². The fourth-order valence-corrected chi connectivity index (χ4v) is 4.21. The number of aliphatic hydroxyl groups excluding tert-OH is 1. The number of ether oxygens (including phenoxy) is 1. The molecule has 0 fully saturated rings. The van der Waals surface area contributed by atoms with Crippen molar-refractivity contribution in [3.8, 4) is 17.0 Å². The number of amides is 2. The summed E-state index contributed by atoms with van der Waals surface area (Å²) in [6.07, 6.45) is 4.46. The van der Waals surface area contributed by atoms with E-state index in [1.807, 2.05) is 13.0 Å². The minimum Gasteiger partial charge on any atom is -0.472 e. The van der Waals surface area contributed by atoms with Crippen LogP contribution in [0, 0.1) is 11.7 Å². The van der Waals surface area contributed by atoms with Gasteiger partial charge in [-0.1, -0.05) is 19.1 Å². The number of benzene rings is 1. The van der Waals surface area contributed by atoms with Crippen LogP contribution < -0.4 is 4.74 Å². The molecule has 2 aromatic heterocycles. The van der Waals surface area contributed by atoms with Crippen LogP contribution in [-0.2, 0) is 0 Å². The third-order valence-electron chi connectivity index (χ3n) is 6.39. The number of nitrogens with zero attached hydrogens (tertiary/aromatic N) is 4. The molecule has 1 aliphatic rings. The summed E-state index contributed by atoms with van der Waals surface area (Å²) in [7, 11) is 1.63. The molecule has 1 N–H and O–H groups in total. The van der Waals surface area contributed by atoms with E-state index in [0.29, 0.717) is 12.1 Å². The van der Waals surface area contributed by atoms with Crippen molar-refractivity contribution >= 4 is 11.8 Å². The van der Waals surface area contributed by atoms with Crippen molar-refractivity contribution in [3.05, 3.63) is 78.0 Å². The summed E-state index contributed by atoms with van der Waals surface area (Å²) in [5.74, 6) is -1.16. The molecule has 4 rings (SSSR count). The van der Waals surface area contributed by atoms with Gasteiger partial charge in [0.15, 0.2) is 0 Å². The number of carbonyl (C=O) groups excluding carboxylic acids is 2. The van der Waals surface area contributed by atoms with Crippen LogP contribution in [0.25, 0.3) is 11.1 Å². The Morgan fingerprint density at radius 1 is 1.25 bits per heavy atom. The Labute approximate surface area is 209 Å². The van der Waals surface area contributed by atoms with E-state index in [9.17, 15) is 19.1 Å². The first-order chi connectivity index (χ1) is 17.3. The molecule has 3 atom stereocenters. The monoisotopic (exact) mass is 492 g/mol. The molecule has 0 unspecified atom stereocenters. The molecule has 0 saturated carbocycles. The van der Waals surface area contributed by atoms with Gasteiger partial charge in [0.2, 0.25) is 5.88 Å². The van der Waals surface area contributed by atoms with Crippen molar-refractivity contribution < 1.29 is 23.8 Å². The normalized spacial score (nSPS) is 18.5. The summed E-state index contributed by atoms with van der Waals surface area (Å²) in [4.78, 5) is 38.2. The van der Waals surface area contributed by atoms with Crippen LogP contribution in [0.15, 0.2) is 61.1 Å². The summed E-state index contributed by atoms with van der Waals surface area (Å²) in [6.45, 7) is 4.00. The number of fused-ring (bicyclic) bond motifs is 1. The summed E-state index contributed by atoms with van der Waals surface area (Å²) < 4.78 is 19.9. The highest BCUT2D eigenvalue weighted by molar-refractivity contribution is 5.98. The lowest BCUT2D eigenvalue weighted by Gasteiger charge is -2.37. The molecule has 8 nitrogen and oxygen atoms in total. The summed E-state index contributed by atoms with van der Waals surface area (Å²) in [5, 5.41) is 9.83. The second kappa shape index (κ2) is 10.8. The molecule has 1 aliphatic heterocycles. The van der Waals surface area contributed by atoms with Gasteiger partial charge in [0, 0.05) is 54.8 Å². The number of likely N-dealkylation sites (N-methyl/N-ethyl adjacent to an activating group) is 1. The van der Waals surface area contributed by atoms with E-state index in [0.717, 1.165) is 5.56 Å². The van der Waals surface area contributed by atoms with Crippen LogP contribution in [0.1, 0.15) is 34.6 Å². The quantitative estimate of drug-likeness (QED) is 0.568. The van der Waals surface area contributed by atoms with Crippen molar-refractivity contribution in [2.45, 2.75) is 26.0 Å². The average Bonchev–Trinajstić information content (AvgIpc) is 2.90. The van der Waals surface area contributed by atoms with Crippen LogP contribution in [0.5, 0.6) is 5.88 Å². The van der Waals surface area contributed by atoms with Crippen molar-refractivity contribution in [1.29, 1.82) is 0 Å². The molecule has 0 radical (unpaired) electrons. The van der Waals surface area contributed by atoms with Gasteiger partial charge < -0.3 is 19.6 Å². The zero-order valence-electron chi connectivity index (χ0n) is 20.5. The zero-order valence-corrected chi connectivity index (χ0v) is 20.5. The fourth-order valence-electron chi connectivity index (χ4n) is 4.21. The van der Waals surface area contributed by atoms with Crippen LogP contribution in [0.3, 0.4) is 0 Å². The SMILES string of the molecule is C[C@H]1CN([C@@H](C)CO)C(=O)c2cc(-c3cccnc3)cnc2O[C@H]1CN(C)C(=O)c1cccc(F)c1. The zero-order chi connectivity index (χ0) is 25.8. The highest BCUT2D eigenvalue weighted by Crippen LogP contribution is 2.30. The van der Waals surface area contributed by atoms with Crippen LogP contribution >= 0.6 is 0 Å². The Morgan fingerprint density at radius 3 is 2.75 bits per heavy atom. The lowest BCUT2D eigenvalue weighted by molar-refractivity contribution is 0.0313. The molecule has 0 aliphatic carbocycles. The van der Waals surface area contributed by atoms with Crippen molar-refractivity contribution in [1.82, 2.24) is 19.8 Å². The smallest absolute Gasteiger partial charge is 0.259 e. The molecule has 0 saturated heterocycles. The molecule has 0 spiro atoms. The Bertz CT molecular complexity index is 1240. The van der Waals surface area contributed by atoms with Gasteiger partial charge in [0.1, 0.15) is 17.5 Å². The van der Waals surface area contributed by atoms with Gasteiger partial charge in [-0.3, -0.25) is 14.6 Å². The lowest BCUT2D eigenvalue weighted by Crippen LogP contribution is -2.50. The van der Waals surface area contributed by atoms with Crippen LogP contribution in [0.2, 0.25) is 0 Å². The van der Waals surface area contributed by atoms with Crippen LogP contribution in [-0.4, -0.2) is 75.6 Å². The van der Waals surface area contributed by atoms with Gasteiger partial charge in [-0.2, -0.15) is 0 Å². The number of hydrogen-bond acceptors (Lipinski definition) is 6. The molecule has 1 aromatic carbocycles. The molecule has 9 heteroatoms. The Hall–Kier alpha value is -3.85. The predicted molar refractivity (Wildman–Crippen MR) is 132 cm³/mol. The van der Waals surface area contributed by atoms with Crippen molar-refractivity contribution in [3.63, 3.8) is 0 Å². The number of halogens is 1. The molecule has 3 heterocycles. The van der Waals surface area contributed by atoms with E-state index in [1.165, 1.54) is 23.1 Å². The van der Waals surface area contributed by atoms with Crippen molar-refractivity contribution in [2.24, 2.45) is 5.92 Å². The maximum absolute atomic E-state index is 13.7. The predicted octanol–water partition coefficient (Wildman–Crippen LogP) is 3.28. The van der Waals surface area contributed by atoms with Gasteiger partial charge in [0.25, 0.3) is 11.8 Å². The van der Waals surface area contributed by atoms with E-state index in [2.05, 4.69) is 9.97 Å². The number of pyridine rings is 2. The third-order valence-corrected chi connectivity index (χ3v) is 6.39. The number of carbonyl (C=O) groups is 2. The Morgan fingerprint density at radius 2 is 2.06 bits per heavy atom. The highest BCUT2D eigenvalue weighted by Gasteiger charge is 2.35. The van der Waals surface area contributed by atoms with E-state index in [4.69, 9.17) is 4.74 Å². The molecular formula is C27H29FN4O4. The molecule has 2 amide bonds. The molecule has 0 bridgehead atoms. The van der Waals surface area contributed by atoms with Gasteiger partial charge >= 0.3 is 0 Å². The van der Waals surface area contributed by atoms with E-state index < -0.39 is 18.0 Å². The Kier molecular flexibility index (Phi) is 7.59. The second-order valence-electron chi connectivity index (χ2n) is 9.14. The largest absolute Gasteiger partial charge is 0.472 e. The van der Waals surface area contributed by atoms with E-state index in [-0.39, 0.29) is 47.9 Å². The number of aliphatic hydroxyl groups is 1.